The van der Waals surface area contributed by atoms with Gasteiger partial charge in [0.15, 0.2) is 0 Å². The van der Waals surface area contributed by atoms with Crippen LogP contribution in [-0.2, 0) is 14.3 Å². The van der Waals surface area contributed by atoms with Crippen LogP contribution in [0.15, 0.2) is 17.3 Å². The van der Waals surface area contributed by atoms with Crippen molar-refractivity contribution in [3.8, 4) is 0 Å². The Morgan fingerprint density at radius 1 is 0.767 bits per heavy atom. The predicted octanol–water partition coefficient (Wildman–Crippen LogP) is 7.52. The van der Waals surface area contributed by atoms with E-state index in [4.69, 9.17) is 9.47 Å². The van der Waals surface area contributed by atoms with Gasteiger partial charge in [0.25, 0.3) is 0 Å². The third-order valence-electron chi connectivity index (χ3n) is 5.18. The van der Waals surface area contributed by atoms with Crippen molar-refractivity contribution in [2.75, 3.05) is 19.8 Å². The molecule has 0 N–H and O–H groups in total. The van der Waals surface area contributed by atoms with E-state index in [0.29, 0.717) is 13.0 Å². The molecule has 0 fully saturated rings. The van der Waals surface area contributed by atoms with Gasteiger partial charge in [-0.3, -0.25) is 4.79 Å². The number of esters is 1. The van der Waals surface area contributed by atoms with Crippen LogP contribution in [0.1, 0.15) is 117 Å². The second-order valence-electron chi connectivity index (χ2n) is 8.21. The van der Waals surface area contributed by atoms with Gasteiger partial charge in [0.1, 0.15) is 12.6 Å². The molecule has 0 unspecified atom stereocenters. The molecule has 0 spiro atoms. The molecule has 0 rings (SSSR count). The topological polar surface area (TPSA) is 65.0 Å². The minimum Gasteiger partial charge on any atom is -0.463 e. The van der Waals surface area contributed by atoms with Crippen LogP contribution in [-0.4, -0.2) is 31.8 Å². The van der Waals surface area contributed by atoms with Crippen LogP contribution in [0, 0.1) is 4.91 Å². The van der Waals surface area contributed by atoms with E-state index >= 15 is 0 Å². The lowest BCUT2D eigenvalue weighted by molar-refractivity contribution is -0.144. The molecule has 176 valence electrons. The number of carbonyl (C=O) groups is 1. The molecule has 0 aliphatic heterocycles. The van der Waals surface area contributed by atoms with Crippen LogP contribution in [0.25, 0.3) is 0 Å². The van der Waals surface area contributed by atoms with Crippen LogP contribution in [0.5, 0.6) is 0 Å². The third kappa shape index (κ3) is 21.5. The number of nitrogens with zero attached hydrogens (tertiary/aromatic N) is 1. The van der Waals surface area contributed by atoms with Crippen molar-refractivity contribution in [3.63, 3.8) is 0 Å². The molecule has 0 aromatic rings. The van der Waals surface area contributed by atoms with E-state index in [9.17, 15) is 9.70 Å². The summed E-state index contributed by atoms with van der Waals surface area (Å²) in [5, 5.41) is 2.98. The SMILES string of the molecule is CCCCCCCC/C=C/CCCCCCCC(=O)OC[C@H](COCCCC)N=O. The maximum Gasteiger partial charge on any atom is 0.305 e. The van der Waals surface area contributed by atoms with Crippen molar-refractivity contribution >= 4 is 5.97 Å². The summed E-state index contributed by atoms with van der Waals surface area (Å²) in [6.45, 7) is 5.21. The molecule has 0 saturated heterocycles. The molecular weight excluding hydrogens is 378 g/mol. The fraction of sp³-hybridized carbons (Fsp3) is 0.880. The number of carbonyl (C=O) groups excluding carboxylic acids is 1. The zero-order chi connectivity index (χ0) is 22.1. The number of hydrogen-bond acceptors (Lipinski definition) is 5. The molecule has 1 atom stereocenters. The third-order valence-corrected chi connectivity index (χ3v) is 5.18. The molecule has 5 nitrogen and oxygen atoms in total. The van der Waals surface area contributed by atoms with E-state index in [-0.39, 0.29) is 19.2 Å². The minimum absolute atomic E-state index is 0.0273. The molecule has 30 heavy (non-hydrogen) atoms. The largest absolute Gasteiger partial charge is 0.463 e. The van der Waals surface area contributed by atoms with Crippen molar-refractivity contribution in [1.29, 1.82) is 0 Å². The lowest BCUT2D eigenvalue weighted by Crippen LogP contribution is -2.22. The molecule has 0 radical (unpaired) electrons. The lowest BCUT2D eigenvalue weighted by Gasteiger charge is -2.10. The Morgan fingerprint density at radius 3 is 1.93 bits per heavy atom. The molecule has 0 amide bonds. The Bertz CT molecular complexity index is 412. The number of unbranched alkanes of at least 4 members (excludes halogenated alkanes) is 12. The van der Waals surface area contributed by atoms with Crippen molar-refractivity contribution in [2.45, 2.75) is 123 Å². The van der Waals surface area contributed by atoms with Gasteiger partial charge in [-0.1, -0.05) is 89.0 Å². The smallest absolute Gasteiger partial charge is 0.305 e. The van der Waals surface area contributed by atoms with Crippen LogP contribution in [0.2, 0.25) is 0 Å². The van der Waals surface area contributed by atoms with Crippen LogP contribution >= 0.6 is 0 Å². The average Bonchev–Trinajstić information content (AvgIpc) is 2.76. The highest BCUT2D eigenvalue weighted by Gasteiger charge is 2.12. The molecule has 0 aromatic carbocycles. The van der Waals surface area contributed by atoms with E-state index in [1.165, 1.54) is 57.8 Å². The Hall–Kier alpha value is -1.23. The lowest BCUT2D eigenvalue weighted by atomic mass is 10.1. The van der Waals surface area contributed by atoms with Gasteiger partial charge < -0.3 is 9.47 Å². The summed E-state index contributed by atoms with van der Waals surface area (Å²) in [4.78, 5) is 22.5. The first-order valence-corrected chi connectivity index (χ1v) is 12.4. The first-order valence-electron chi connectivity index (χ1n) is 12.4. The van der Waals surface area contributed by atoms with Gasteiger partial charge in [-0.15, -0.1) is 0 Å². The summed E-state index contributed by atoms with van der Waals surface area (Å²) < 4.78 is 10.5. The molecule has 0 saturated carbocycles. The van der Waals surface area contributed by atoms with Crippen molar-refractivity contribution < 1.29 is 14.3 Å². The van der Waals surface area contributed by atoms with E-state index in [1.807, 2.05) is 0 Å². The van der Waals surface area contributed by atoms with Gasteiger partial charge in [-0.2, -0.15) is 4.91 Å². The van der Waals surface area contributed by atoms with Gasteiger partial charge in [0.05, 0.1) is 6.61 Å². The van der Waals surface area contributed by atoms with E-state index in [1.54, 1.807) is 0 Å². The van der Waals surface area contributed by atoms with Gasteiger partial charge in [-0.25, -0.2) is 0 Å². The summed E-state index contributed by atoms with van der Waals surface area (Å²) in [6, 6.07) is -0.597. The standard InChI is InChI=1S/C25H47NO4/c1-3-5-7-8-9-10-11-12-13-14-15-16-17-18-19-20-25(27)30-23-24(26-28)22-29-21-6-4-2/h12-13,24H,3-11,14-23H2,1-2H3/b13-12+/t24-/m0/s1. The quantitative estimate of drug-likeness (QED) is 0.0735. The summed E-state index contributed by atoms with van der Waals surface area (Å²) in [7, 11) is 0. The van der Waals surface area contributed by atoms with Gasteiger partial charge in [-0.05, 0) is 38.5 Å². The van der Waals surface area contributed by atoms with Crippen molar-refractivity contribution in [3.05, 3.63) is 17.1 Å². The zero-order valence-corrected chi connectivity index (χ0v) is 19.7. The first-order chi connectivity index (χ1) is 14.7. The van der Waals surface area contributed by atoms with Gasteiger partial charge >= 0.3 is 5.97 Å². The maximum absolute atomic E-state index is 11.8. The molecule has 0 bridgehead atoms. The number of rotatable bonds is 23. The second kappa shape index (κ2) is 24.0. The van der Waals surface area contributed by atoms with Gasteiger partial charge in [0, 0.05) is 13.0 Å². The second-order valence-corrected chi connectivity index (χ2v) is 8.21. The Kier molecular flexibility index (Phi) is 23.1. The van der Waals surface area contributed by atoms with Crippen LogP contribution in [0.3, 0.4) is 0 Å². The highest BCUT2D eigenvalue weighted by molar-refractivity contribution is 5.69. The number of nitroso groups, excluding NO2 is 1. The molecule has 5 heteroatoms. The van der Waals surface area contributed by atoms with E-state index in [0.717, 1.165) is 38.5 Å². The number of ether oxygens (including phenoxy) is 2. The van der Waals surface area contributed by atoms with Crippen molar-refractivity contribution in [2.24, 2.45) is 5.18 Å². The van der Waals surface area contributed by atoms with Gasteiger partial charge in [0.2, 0.25) is 0 Å². The predicted molar refractivity (Wildman–Crippen MR) is 126 cm³/mol. The van der Waals surface area contributed by atoms with E-state index < -0.39 is 6.04 Å². The normalized spacial score (nSPS) is 12.3. The number of allylic oxidation sites excluding steroid dienone is 2. The first kappa shape index (κ1) is 28.8. The summed E-state index contributed by atoms with van der Waals surface area (Å²) in [5.41, 5.74) is 0. The molecule has 0 heterocycles. The zero-order valence-electron chi connectivity index (χ0n) is 19.7. The highest BCUT2D eigenvalue weighted by Crippen LogP contribution is 2.10. The minimum atomic E-state index is -0.597. The summed E-state index contributed by atoms with van der Waals surface area (Å²) >= 11 is 0. The van der Waals surface area contributed by atoms with Crippen LogP contribution < -0.4 is 0 Å². The van der Waals surface area contributed by atoms with Crippen LogP contribution in [0.4, 0.5) is 0 Å². The Morgan fingerprint density at radius 2 is 1.33 bits per heavy atom. The Balaban J connectivity index is 3.41. The Labute approximate surface area is 185 Å². The highest BCUT2D eigenvalue weighted by atomic mass is 16.5. The maximum atomic E-state index is 11.8. The average molecular weight is 426 g/mol. The summed E-state index contributed by atoms with van der Waals surface area (Å²) in [5.74, 6) is -0.241. The fourth-order valence-corrected chi connectivity index (χ4v) is 3.18. The van der Waals surface area contributed by atoms with E-state index in [2.05, 4.69) is 31.2 Å². The number of hydrogen-bond donors (Lipinski definition) is 0. The fourth-order valence-electron chi connectivity index (χ4n) is 3.18. The molecule has 0 aromatic heterocycles. The summed E-state index contributed by atoms with van der Waals surface area (Å²) in [6.07, 6.45) is 23.1. The molecular formula is C25H47NO4. The monoisotopic (exact) mass is 425 g/mol. The molecule has 0 aliphatic rings. The van der Waals surface area contributed by atoms with Crippen molar-refractivity contribution in [1.82, 2.24) is 0 Å². The molecule has 0 aliphatic carbocycles.